The van der Waals surface area contributed by atoms with Crippen molar-refractivity contribution in [2.45, 2.75) is 32.4 Å². The van der Waals surface area contributed by atoms with E-state index in [0.29, 0.717) is 10.6 Å². The van der Waals surface area contributed by atoms with Gasteiger partial charge in [0.1, 0.15) is 5.82 Å². The van der Waals surface area contributed by atoms with Crippen molar-refractivity contribution in [1.82, 2.24) is 5.32 Å². The smallest absolute Gasteiger partial charge is 0.219 e. The molecule has 3 nitrogen and oxygen atoms in total. The summed E-state index contributed by atoms with van der Waals surface area (Å²) in [6.07, 6.45) is 0.180. The van der Waals surface area contributed by atoms with E-state index in [9.17, 15) is 9.18 Å². The number of carbonyl (C=O) groups is 1. The van der Waals surface area contributed by atoms with Crippen LogP contribution in [-0.2, 0) is 11.3 Å². The summed E-state index contributed by atoms with van der Waals surface area (Å²) in [7, 11) is 0. The summed E-state index contributed by atoms with van der Waals surface area (Å²) in [5, 5.41) is 3.43. The molecule has 0 unspecified atom stereocenters. The van der Waals surface area contributed by atoms with Gasteiger partial charge in [-0.2, -0.15) is 0 Å². The van der Waals surface area contributed by atoms with E-state index in [2.05, 4.69) is 5.32 Å². The molecule has 3 N–H and O–H groups in total. The predicted molar refractivity (Wildman–Crippen MR) is 66.1 cm³/mol. The number of benzene rings is 1. The minimum absolute atomic E-state index is 0.180. The lowest BCUT2D eigenvalue weighted by Crippen LogP contribution is -2.42. The largest absolute Gasteiger partial charge is 0.370 e. The monoisotopic (exact) mass is 258 g/mol. The highest BCUT2D eigenvalue weighted by molar-refractivity contribution is 6.31. The van der Waals surface area contributed by atoms with Gasteiger partial charge in [-0.1, -0.05) is 17.7 Å². The Labute approximate surface area is 105 Å². The fourth-order valence-electron chi connectivity index (χ4n) is 1.53. The van der Waals surface area contributed by atoms with Crippen molar-refractivity contribution in [2.24, 2.45) is 5.73 Å². The number of hydrogen-bond donors (Lipinski definition) is 2. The molecule has 0 spiro atoms. The first-order chi connectivity index (χ1) is 7.82. The molecule has 17 heavy (non-hydrogen) atoms. The molecule has 0 heterocycles. The lowest BCUT2D eigenvalue weighted by atomic mass is 10.00. The standard InChI is InChI=1S/C12H16ClFN2O/c1-12(2,6-11(15)17)16-7-8-9(13)4-3-5-10(8)14/h3-5,16H,6-7H2,1-2H3,(H2,15,17). The normalized spacial score (nSPS) is 11.5. The van der Waals surface area contributed by atoms with Crippen molar-refractivity contribution in [3.05, 3.63) is 34.6 Å². The molecule has 94 valence electrons. The summed E-state index contributed by atoms with van der Waals surface area (Å²) in [5.74, 6) is -0.762. The molecule has 0 aromatic heterocycles. The highest BCUT2D eigenvalue weighted by Gasteiger charge is 2.20. The van der Waals surface area contributed by atoms with Crippen LogP contribution in [0.2, 0.25) is 5.02 Å². The first-order valence-corrected chi connectivity index (χ1v) is 5.66. The number of nitrogens with one attached hydrogen (secondary N) is 1. The van der Waals surface area contributed by atoms with E-state index in [1.54, 1.807) is 12.1 Å². The number of halogens is 2. The quantitative estimate of drug-likeness (QED) is 0.851. The number of primary amides is 1. The minimum atomic E-state index is -0.489. The number of carbonyl (C=O) groups excluding carboxylic acids is 1. The number of rotatable bonds is 5. The summed E-state index contributed by atoms with van der Waals surface area (Å²) in [6, 6.07) is 4.53. The van der Waals surface area contributed by atoms with E-state index in [-0.39, 0.29) is 18.8 Å². The Morgan fingerprint density at radius 2 is 2.18 bits per heavy atom. The van der Waals surface area contributed by atoms with Crippen LogP contribution in [0.3, 0.4) is 0 Å². The minimum Gasteiger partial charge on any atom is -0.370 e. The van der Waals surface area contributed by atoms with Crippen LogP contribution >= 0.6 is 11.6 Å². The summed E-state index contributed by atoms with van der Waals surface area (Å²) in [6.45, 7) is 3.91. The molecular weight excluding hydrogens is 243 g/mol. The van der Waals surface area contributed by atoms with Crippen LogP contribution in [-0.4, -0.2) is 11.4 Å². The Kier molecular flexibility index (Phi) is 4.48. The molecule has 0 aliphatic heterocycles. The van der Waals surface area contributed by atoms with Crippen LogP contribution in [0.4, 0.5) is 4.39 Å². The third kappa shape index (κ3) is 4.32. The van der Waals surface area contributed by atoms with Crippen LogP contribution in [0.15, 0.2) is 18.2 Å². The molecule has 1 rings (SSSR count). The van der Waals surface area contributed by atoms with E-state index in [0.717, 1.165) is 0 Å². The van der Waals surface area contributed by atoms with Gasteiger partial charge in [0.2, 0.25) is 5.91 Å². The van der Waals surface area contributed by atoms with Crippen LogP contribution < -0.4 is 11.1 Å². The van der Waals surface area contributed by atoms with Crippen molar-refractivity contribution in [3.63, 3.8) is 0 Å². The molecule has 0 atom stereocenters. The molecule has 0 fully saturated rings. The first-order valence-electron chi connectivity index (χ1n) is 5.28. The van der Waals surface area contributed by atoms with Gasteiger partial charge in [-0.25, -0.2) is 4.39 Å². The summed E-state index contributed by atoms with van der Waals surface area (Å²) < 4.78 is 13.5. The Morgan fingerprint density at radius 1 is 1.53 bits per heavy atom. The molecule has 5 heteroatoms. The zero-order valence-electron chi connectivity index (χ0n) is 9.89. The predicted octanol–water partition coefficient (Wildman–Crippen LogP) is 2.22. The van der Waals surface area contributed by atoms with Gasteiger partial charge >= 0.3 is 0 Å². The Bertz CT molecular complexity index is 401. The van der Waals surface area contributed by atoms with Gasteiger partial charge in [0, 0.05) is 29.1 Å². The van der Waals surface area contributed by atoms with E-state index in [1.807, 2.05) is 13.8 Å². The SMILES string of the molecule is CC(C)(CC(N)=O)NCc1c(F)cccc1Cl. The van der Waals surface area contributed by atoms with Gasteiger partial charge in [0.25, 0.3) is 0 Å². The molecule has 0 aliphatic carbocycles. The molecule has 1 aromatic rings. The maximum Gasteiger partial charge on any atom is 0.219 e. The Balaban J connectivity index is 2.70. The second-order valence-electron chi connectivity index (χ2n) is 4.58. The molecule has 0 radical (unpaired) electrons. The average molecular weight is 259 g/mol. The molecule has 0 saturated carbocycles. The van der Waals surface area contributed by atoms with Crippen molar-refractivity contribution in [3.8, 4) is 0 Å². The van der Waals surface area contributed by atoms with Crippen LogP contribution in [0.5, 0.6) is 0 Å². The van der Waals surface area contributed by atoms with Gasteiger partial charge in [-0.05, 0) is 26.0 Å². The van der Waals surface area contributed by atoms with Gasteiger partial charge in [-0.3, -0.25) is 4.79 Å². The molecule has 1 aromatic carbocycles. The van der Waals surface area contributed by atoms with Crippen LogP contribution in [0.1, 0.15) is 25.8 Å². The number of nitrogens with two attached hydrogens (primary N) is 1. The fourth-order valence-corrected chi connectivity index (χ4v) is 1.76. The van der Waals surface area contributed by atoms with Gasteiger partial charge in [-0.15, -0.1) is 0 Å². The van der Waals surface area contributed by atoms with Gasteiger partial charge in [0.15, 0.2) is 0 Å². The first kappa shape index (κ1) is 13.9. The Morgan fingerprint density at radius 3 is 2.71 bits per heavy atom. The molecule has 1 amide bonds. The van der Waals surface area contributed by atoms with E-state index in [4.69, 9.17) is 17.3 Å². The second-order valence-corrected chi connectivity index (χ2v) is 4.99. The van der Waals surface area contributed by atoms with E-state index in [1.165, 1.54) is 6.07 Å². The number of hydrogen-bond acceptors (Lipinski definition) is 2. The number of amides is 1. The van der Waals surface area contributed by atoms with Crippen molar-refractivity contribution in [2.75, 3.05) is 0 Å². The zero-order chi connectivity index (χ0) is 13.1. The van der Waals surface area contributed by atoms with E-state index < -0.39 is 11.4 Å². The van der Waals surface area contributed by atoms with E-state index >= 15 is 0 Å². The summed E-state index contributed by atoms with van der Waals surface area (Å²) in [5.41, 5.74) is 5.03. The Hall–Kier alpha value is -1.13. The lowest BCUT2D eigenvalue weighted by molar-refractivity contribution is -0.119. The zero-order valence-corrected chi connectivity index (χ0v) is 10.6. The van der Waals surface area contributed by atoms with Gasteiger partial charge in [0.05, 0.1) is 0 Å². The second kappa shape index (κ2) is 5.47. The summed E-state index contributed by atoms with van der Waals surface area (Å²) >= 11 is 5.89. The topological polar surface area (TPSA) is 55.1 Å². The fraction of sp³-hybridized carbons (Fsp3) is 0.417. The molecule has 0 saturated heterocycles. The molecular formula is C12H16ClFN2O. The summed E-state index contributed by atoms with van der Waals surface area (Å²) in [4.78, 5) is 10.8. The third-order valence-electron chi connectivity index (χ3n) is 2.42. The molecule has 0 bridgehead atoms. The molecule has 0 aliphatic rings. The van der Waals surface area contributed by atoms with Crippen molar-refractivity contribution in [1.29, 1.82) is 0 Å². The van der Waals surface area contributed by atoms with Crippen molar-refractivity contribution >= 4 is 17.5 Å². The highest BCUT2D eigenvalue weighted by Crippen LogP contribution is 2.20. The third-order valence-corrected chi connectivity index (χ3v) is 2.78. The van der Waals surface area contributed by atoms with Gasteiger partial charge < -0.3 is 11.1 Å². The van der Waals surface area contributed by atoms with Crippen LogP contribution in [0.25, 0.3) is 0 Å². The van der Waals surface area contributed by atoms with Crippen LogP contribution in [0, 0.1) is 5.82 Å². The highest BCUT2D eigenvalue weighted by atomic mass is 35.5. The average Bonchev–Trinajstić information content (AvgIpc) is 2.14. The lowest BCUT2D eigenvalue weighted by Gasteiger charge is -2.25. The van der Waals surface area contributed by atoms with Crippen molar-refractivity contribution < 1.29 is 9.18 Å². The maximum atomic E-state index is 13.5. The maximum absolute atomic E-state index is 13.5.